The number of aromatic nitrogens is 1. The Morgan fingerprint density at radius 1 is 1.22 bits per heavy atom. The number of halogens is 1. The minimum Gasteiger partial charge on any atom is -0.439 e. The smallest absolute Gasteiger partial charge is 0.219 e. The second-order valence-electron chi connectivity index (χ2n) is 3.49. The molecule has 1 aromatic carbocycles. The Kier molecular flexibility index (Phi) is 3.78. The van der Waals surface area contributed by atoms with E-state index < -0.39 is 6.10 Å². The number of aliphatic hydroxyl groups is 1. The van der Waals surface area contributed by atoms with Crippen molar-refractivity contribution in [2.24, 2.45) is 0 Å². The van der Waals surface area contributed by atoms with Gasteiger partial charge in [0.2, 0.25) is 5.88 Å². The lowest BCUT2D eigenvalue weighted by Crippen LogP contribution is -1.98. The third-order valence-corrected chi connectivity index (χ3v) is 2.44. The number of aliphatic hydroxyl groups excluding tert-OH is 1. The van der Waals surface area contributed by atoms with Gasteiger partial charge in [-0.1, -0.05) is 17.7 Å². The zero-order valence-electron chi connectivity index (χ0n) is 9.25. The maximum absolute atomic E-state index is 9.36. The Hall–Kier alpha value is -2.09. The molecule has 0 amide bonds. The van der Waals surface area contributed by atoms with Gasteiger partial charge in [-0.05, 0) is 30.3 Å². The van der Waals surface area contributed by atoms with E-state index in [1.165, 1.54) is 0 Å². The van der Waals surface area contributed by atoms with Crippen LogP contribution in [0.25, 0.3) is 0 Å². The van der Waals surface area contributed by atoms with E-state index in [1.807, 2.05) is 0 Å². The highest BCUT2D eigenvalue weighted by molar-refractivity contribution is 6.30. The van der Waals surface area contributed by atoms with Crippen molar-refractivity contribution in [3.05, 3.63) is 53.2 Å². The van der Waals surface area contributed by atoms with Crippen molar-refractivity contribution in [2.45, 2.75) is 6.10 Å². The van der Waals surface area contributed by atoms with Crippen LogP contribution in [0.4, 0.5) is 0 Å². The van der Waals surface area contributed by atoms with E-state index in [2.05, 4.69) is 4.98 Å². The van der Waals surface area contributed by atoms with Crippen molar-refractivity contribution in [3.8, 4) is 17.7 Å². The topological polar surface area (TPSA) is 66.1 Å². The molecular formula is C13H9ClN2O2. The second-order valence-corrected chi connectivity index (χ2v) is 3.92. The van der Waals surface area contributed by atoms with E-state index >= 15 is 0 Å². The lowest BCUT2D eigenvalue weighted by atomic mass is 10.2. The van der Waals surface area contributed by atoms with E-state index in [9.17, 15) is 5.11 Å². The van der Waals surface area contributed by atoms with Gasteiger partial charge in [0.25, 0.3) is 0 Å². The number of nitrogens with zero attached hydrogens (tertiary/aromatic N) is 2. The molecule has 0 aliphatic rings. The molecule has 0 aliphatic carbocycles. The second kappa shape index (κ2) is 5.50. The Morgan fingerprint density at radius 3 is 2.61 bits per heavy atom. The first-order chi connectivity index (χ1) is 8.69. The third-order valence-electron chi connectivity index (χ3n) is 2.18. The molecule has 0 spiro atoms. The van der Waals surface area contributed by atoms with Crippen LogP contribution in [0.3, 0.4) is 0 Å². The molecule has 1 unspecified atom stereocenters. The van der Waals surface area contributed by atoms with Gasteiger partial charge in [-0.3, -0.25) is 0 Å². The minimum atomic E-state index is -1.25. The predicted octanol–water partition coefficient (Wildman–Crippen LogP) is 3.08. The van der Waals surface area contributed by atoms with Gasteiger partial charge in [-0.15, -0.1) is 0 Å². The fourth-order valence-electron chi connectivity index (χ4n) is 1.33. The van der Waals surface area contributed by atoms with Crippen LogP contribution in [0.1, 0.15) is 11.8 Å². The zero-order valence-corrected chi connectivity index (χ0v) is 10.0. The summed E-state index contributed by atoms with van der Waals surface area (Å²) in [4.78, 5) is 4.03. The third kappa shape index (κ3) is 2.98. The van der Waals surface area contributed by atoms with Crippen LogP contribution >= 0.6 is 11.6 Å². The predicted molar refractivity (Wildman–Crippen MR) is 66.3 cm³/mol. The molecule has 1 atom stereocenters. The zero-order chi connectivity index (χ0) is 13.0. The molecule has 90 valence electrons. The average Bonchev–Trinajstić information content (AvgIpc) is 2.41. The maximum atomic E-state index is 9.36. The fourth-order valence-corrected chi connectivity index (χ4v) is 1.46. The van der Waals surface area contributed by atoms with Gasteiger partial charge >= 0.3 is 0 Å². The highest BCUT2D eigenvalue weighted by Gasteiger charge is 2.08. The first-order valence-electron chi connectivity index (χ1n) is 5.17. The van der Waals surface area contributed by atoms with Crippen LogP contribution in [0, 0.1) is 11.3 Å². The summed E-state index contributed by atoms with van der Waals surface area (Å²) in [6.07, 6.45) is -1.25. The minimum absolute atomic E-state index is 0.254. The molecule has 2 aromatic rings. The molecule has 0 bridgehead atoms. The van der Waals surface area contributed by atoms with E-state index in [0.717, 1.165) is 0 Å². The summed E-state index contributed by atoms with van der Waals surface area (Å²) in [6, 6.07) is 13.4. The summed E-state index contributed by atoms with van der Waals surface area (Å²) < 4.78 is 5.48. The maximum Gasteiger partial charge on any atom is 0.219 e. The molecule has 0 saturated heterocycles. The van der Waals surface area contributed by atoms with Crippen LogP contribution < -0.4 is 4.74 Å². The average molecular weight is 261 g/mol. The van der Waals surface area contributed by atoms with E-state index in [1.54, 1.807) is 48.5 Å². The van der Waals surface area contributed by atoms with Crippen molar-refractivity contribution in [1.29, 1.82) is 5.26 Å². The summed E-state index contributed by atoms with van der Waals surface area (Å²) in [5.74, 6) is 0.889. The number of benzene rings is 1. The van der Waals surface area contributed by atoms with Gasteiger partial charge < -0.3 is 9.84 Å². The summed E-state index contributed by atoms with van der Waals surface area (Å²) in [7, 11) is 0. The summed E-state index contributed by atoms with van der Waals surface area (Å²) in [6.45, 7) is 0. The summed E-state index contributed by atoms with van der Waals surface area (Å²) in [5, 5.41) is 18.6. The van der Waals surface area contributed by atoms with Crippen molar-refractivity contribution in [2.75, 3.05) is 0 Å². The normalized spacial score (nSPS) is 11.6. The molecule has 0 radical (unpaired) electrons. The number of pyridine rings is 1. The molecule has 1 heterocycles. The Balaban J connectivity index is 2.19. The van der Waals surface area contributed by atoms with Crippen molar-refractivity contribution in [1.82, 2.24) is 4.98 Å². The van der Waals surface area contributed by atoms with Gasteiger partial charge in [0.1, 0.15) is 11.8 Å². The fraction of sp³-hybridized carbons (Fsp3) is 0.0769. The molecule has 0 fully saturated rings. The van der Waals surface area contributed by atoms with Crippen LogP contribution in [0.2, 0.25) is 5.02 Å². The van der Waals surface area contributed by atoms with Crippen LogP contribution in [-0.4, -0.2) is 10.1 Å². The first kappa shape index (κ1) is 12.4. The SMILES string of the molecule is N#CC(O)c1cccc(Oc2ccc(Cl)cc2)n1. The lowest BCUT2D eigenvalue weighted by Gasteiger charge is -2.07. The highest BCUT2D eigenvalue weighted by Crippen LogP contribution is 2.22. The van der Waals surface area contributed by atoms with Gasteiger partial charge in [0.05, 0.1) is 5.69 Å². The van der Waals surface area contributed by atoms with Crippen LogP contribution in [0.15, 0.2) is 42.5 Å². The molecule has 1 aromatic heterocycles. The molecule has 5 heteroatoms. The standard InChI is InChI=1S/C13H9ClN2O2/c14-9-4-6-10(7-5-9)18-13-3-1-2-11(16-13)12(17)8-15/h1-7,12,17H. The first-order valence-corrected chi connectivity index (χ1v) is 5.55. The van der Waals surface area contributed by atoms with Gasteiger partial charge in [-0.2, -0.15) is 5.26 Å². The van der Waals surface area contributed by atoms with Gasteiger partial charge in [0, 0.05) is 11.1 Å². The van der Waals surface area contributed by atoms with Gasteiger partial charge in [-0.25, -0.2) is 4.98 Å². The Morgan fingerprint density at radius 2 is 1.94 bits per heavy atom. The summed E-state index contributed by atoms with van der Waals surface area (Å²) >= 11 is 5.76. The van der Waals surface area contributed by atoms with Crippen LogP contribution in [-0.2, 0) is 0 Å². The number of ether oxygens (including phenoxy) is 1. The molecule has 1 N–H and O–H groups in total. The number of nitriles is 1. The molecule has 18 heavy (non-hydrogen) atoms. The summed E-state index contributed by atoms with van der Waals surface area (Å²) in [5.41, 5.74) is 0.254. The van der Waals surface area contributed by atoms with Crippen molar-refractivity contribution < 1.29 is 9.84 Å². The number of rotatable bonds is 3. The molecular weight excluding hydrogens is 252 g/mol. The highest BCUT2D eigenvalue weighted by atomic mass is 35.5. The van der Waals surface area contributed by atoms with E-state index in [4.69, 9.17) is 21.6 Å². The largest absolute Gasteiger partial charge is 0.439 e. The van der Waals surface area contributed by atoms with Crippen LogP contribution in [0.5, 0.6) is 11.6 Å². The molecule has 0 aliphatic heterocycles. The van der Waals surface area contributed by atoms with E-state index in [-0.39, 0.29) is 5.69 Å². The number of hydrogen-bond acceptors (Lipinski definition) is 4. The molecule has 2 rings (SSSR count). The monoisotopic (exact) mass is 260 g/mol. The van der Waals surface area contributed by atoms with Gasteiger partial charge in [0.15, 0.2) is 6.10 Å². The van der Waals surface area contributed by atoms with Crippen molar-refractivity contribution >= 4 is 11.6 Å². The quantitative estimate of drug-likeness (QED) is 0.861. The van der Waals surface area contributed by atoms with E-state index in [0.29, 0.717) is 16.7 Å². The number of hydrogen-bond donors (Lipinski definition) is 1. The lowest BCUT2D eigenvalue weighted by molar-refractivity contribution is 0.229. The Bertz CT molecular complexity index is 578. The Labute approximate surface area is 109 Å². The molecule has 0 saturated carbocycles. The van der Waals surface area contributed by atoms with Crippen molar-refractivity contribution in [3.63, 3.8) is 0 Å². The molecule has 4 nitrogen and oxygen atoms in total.